The van der Waals surface area contributed by atoms with Gasteiger partial charge in [-0.1, -0.05) is 36.4 Å². The summed E-state index contributed by atoms with van der Waals surface area (Å²) in [6, 6.07) is 14.4. The number of hydrogen-bond donors (Lipinski definition) is 1. The van der Waals surface area contributed by atoms with Crippen LogP contribution in [0, 0.1) is 13.8 Å². The van der Waals surface area contributed by atoms with E-state index in [-0.39, 0.29) is 18.1 Å². The molecule has 2 aromatic carbocycles. The minimum absolute atomic E-state index is 0.148. The van der Waals surface area contributed by atoms with Crippen LogP contribution in [-0.2, 0) is 0 Å². The molecule has 0 fully saturated rings. The molecule has 0 saturated heterocycles. The summed E-state index contributed by atoms with van der Waals surface area (Å²) in [5, 5.41) is 10.00. The van der Waals surface area contributed by atoms with Crippen LogP contribution in [0.1, 0.15) is 26.4 Å². The molecule has 1 heterocycles. The molecule has 1 aromatic heterocycles. The summed E-state index contributed by atoms with van der Waals surface area (Å²) in [5.74, 6) is -0.715. The zero-order chi connectivity index (χ0) is 17.3. The molecule has 1 N–H and O–H groups in total. The zero-order valence-electron chi connectivity index (χ0n) is 13.4. The van der Waals surface area contributed by atoms with E-state index in [1.807, 2.05) is 25.1 Å². The minimum Gasteiger partial charge on any atom is -0.483 e. The number of rotatable bonds is 4. The molecule has 0 aliphatic rings. The Hall–Kier alpha value is -3.08. The van der Waals surface area contributed by atoms with Gasteiger partial charge in [0.1, 0.15) is 5.75 Å². The molecule has 0 spiro atoms. The second-order valence-corrected chi connectivity index (χ2v) is 5.57. The Kier molecular flexibility index (Phi) is 4.08. The van der Waals surface area contributed by atoms with Gasteiger partial charge in [-0.2, -0.15) is 0 Å². The zero-order valence-corrected chi connectivity index (χ0v) is 13.4. The second-order valence-electron chi connectivity index (χ2n) is 5.57. The molecule has 5 nitrogen and oxygen atoms in total. The first-order valence-corrected chi connectivity index (χ1v) is 7.55. The lowest BCUT2D eigenvalue weighted by Gasteiger charge is -2.10. The van der Waals surface area contributed by atoms with E-state index in [0.717, 1.165) is 5.56 Å². The van der Waals surface area contributed by atoms with Crippen molar-refractivity contribution in [1.29, 1.82) is 0 Å². The average molecular weight is 323 g/mol. The van der Waals surface area contributed by atoms with Gasteiger partial charge in [0.25, 0.3) is 5.91 Å². The molecule has 0 bridgehead atoms. The number of fused-ring (bicyclic) bond motifs is 1. The van der Waals surface area contributed by atoms with Crippen molar-refractivity contribution in [3.05, 3.63) is 65.4 Å². The second kappa shape index (κ2) is 6.20. The number of benzene rings is 2. The van der Waals surface area contributed by atoms with Gasteiger partial charge in [0.15, 0.2) is 6.61 Å². The molecule has 0 atom stereocenters. The summed E-state index contributed by atoms with van der Waals surface area (Å²) in [4.78, 5) is 24.2. The maximum atomic E-state index is 12.6. The van der Waals surface area contributed by atoms with Crippen LogP contribution in [0.15, 0.2) is 48.5 Å². The van der Waals surface area contributed by atoms with Gasteiger partial charge in [0.05, 0.1) is 11.1 Å². The van der Waals surface area contributed by atoms with Crippen LogP contribution in [0.5, 0.6) is 5.75 Å². The standard InChI is InChI=1S/C19H17NO4/c1-12-7-3-6-10-16(12)24-11-17(21)20-13(2)18(19(22)23)14-8-4-5-9-15(14)20/h3-10H,11H2,1-2H3,(H,22,23). The third-order valence-electron chi connectivity index (χ3n) is 4.02. The highest BCUT2D eigenvalue weighted by atomic mass is 16.5. The van der Waals surface area contributed by atoms with Crippen molar-refractivity contribution in [2.24, 2.45) is 0 Å². The predicted octanol–water partition coefficient (Wildman–Crippen LogP) is 3.68. The summed E-state index contributed by atoms with van der Waals surface area (Å²) >= 11 is 0. The predicted molar refractivity (Wildman–Crippen MR) is 90.9 cm³/mol. The first-order chi connectivity index (χ1) is 11.5. The van der Waals surface area contributed by atoms with E-state index < -0.39 is 5.97 Å². The summed E-state index contributed by atoms with van der Waals surface area (Å²) in [6.45, 7) is 3.37. The highest BCUT2D eigenvalue weighted by Crippen LogP contribution is 2.26. The third-order valence-corrected chi connectivity index (χ3v) is 4.02. The first kappa shape index (κ1) is 15.8. The van der Waals surface area contributed by atoms with Crippen molar-refractivity contribution in [3.63, 3.8) is 0 Å². The van der Waals surface area contributed by atoms with Gasteiger partial charge >= 0.3 is 5.97 Å². The molecule has 24 heavy (non-hydrogen) atoms. The van der Waals surface area contributed by atoms with E-state index in [1.54, 1.807) is 37.3 Å². The van der Waals surface area contributed by atoms with Gasteiger partial charge in [-0.25, -0.2) is 4.79 Å². The fraction of sp³-hybridized carbons (Fsp3) is 0.158. The van der Waals surface area contributed by atoms with Gasteiger partial charge in [-0.15, -0.1) is 0 Å². The number of aromatic nitrogens is 1. The molecule has 5 heteroatoms. The van der Waals surface area contributed by atoms with Crippen molar-refractivity contribution < 1.29 is 19.4 Å². The molecule has 0 saturated carbocycles. The Morgan fingerprint density at radius 3 is 2.42 bits per heavy atom. The fourth-order valence-corrected chi connectivity index (χ4v) is 2.88. The van der Waals surface area contributed by atoms with Gasteiger partial charge in [-0.3, -0.25) is 9.36 Å². The summed E-state index contributed by atoms with van der Waals surface area (Å²) in [6.07, 6.45) is 0. The molecule has 0 amide bonds. The number of ether oxygens (including phenoxy) is 1. The van der Waals surface area contributed by atoms with Gasteiger partial charge in [0, 0.05) is 11.1 Å². The third kappa shape index (κ3) is 2.65. The Morgan fingerprint density at radius 1 is 1.04 bits per heavy atom. The Morgan fingerprint density at radius 2 is 1.71 bits per heavy atom. The van der Waals surface area contributed by atoms with Crippen molar-refractivity contribution in [2.75, 3.05) is 6.61 Å². The summed E-state index contributed by atoms with van der Waals surface area (Å²) in [7, 11) is 0. The van der Waals surface area contributed by atoms with E-state index in [1.165, 1.54) is 4.57 Å². The van der Waals surface area contributed by atoms with Crippen LogP contribution in [0.2, 0.25) is 0 Å². The number of carbonyl (C=O) groups is 2. The lowest BCUT2D eigenvalue weighted by Crippen LogP contribution is -2.21. The fourth-order valence-electron chi connectivity index (χ4n) is 2.88. The number of carboxylic acids is 1. The normalized spacial score (nSPS) is 10.8. The molecule has 0 aliphatic carbocycles. The van der Waals surface area contributed by atoms with Crippen LogP contribution in [-0.4, -0.2) is 28.2 Å². The number of hydrogen-bond acceptors (Lipinski definition) is 3. The maximum Gasteiger partial charge on any atom is 0.338 e. The number of aryl methyl sites for hydroxylation is 1. The molecule has 0 radical (unpaired) electrons. The Bertz CT molecular complexity index is 940. The Labute approximate surface area is 139 Å². The van der Waals surface area contributed by atoms with Crippen LogP contribution in [0.25, 0.3) is 10.9 Å². The SMILES string of the molecule is Cc1ccccc1OCC(=O)n1c(C)c(C(=O)O)c2ccccc21. The molecular weight excluding hydrogens is 306 g/mol. The molecule has 0 unspecified atom stereocenters. The van der Waals surface area contributed by atoms with Gasteiger partial charge in [-0.05, 0) is 31.5 Å². The van der Waals surface area contributed by atoms with E-state index in [2.05, 4.69) is 0 Å². The van der Waals surface area contributed by atoms with Crippen LogP contribution in [0.4, 0.5) is 0 Å². The molecule has 3 aromatic rings. The van der Waals surface area contributed by atoms with E-state index in [9.17, 15) is 14.7 Å². The molecule has 0 aliphatic heterocycles. The number of para-hydroxylation sites is 2. The van der Waals surface area contributed by atoms with Gasteiger partial charge in [0.2, 0.25) is 0 Å². The van der Waals surface area contributed by atoms with Crippen LogP contribution < -0.4 is 4.74 Å². The lowest BCUT2D eigenvalue weighted by molar-refractivity contribution is 0.0698. The number of carboxylic acid groups (broad SMARTS) is 1. The molecule has 3 rings (SSSR count). The van der Waals surface area contributed by atoms with Crippen LogP contribution >= 0.6 is 0 Å². The van der Waals surface area contributed by atoms with Crippen molar-refractivity contribution in [2.45, 2.75) is 13.8 Å². The number of nitrogens with zero attached hydrogens (tertiary/aromatic N) is 1. The largest absolute Gasteiger partial charge is 0.483 e. The van der Waals surface area contributed by atoms with E-state index in [0.29, 0.717) is 22.3 Å². The van der Waals surface area contributed by atoms with Gasteiger partial charge < -0.3 is 9.84 Å². The first-order valence-electron chi connectivity index (χ1n) is 7.55. The smallest absolute Gasteiger partial charge is 0.338 e. The molecular formula is C19H17NO4. The minimum atomic E-state index is -1.05. The highest BCUT2D eigenvalue weighted by molar-refractivity contribution is 6.08. The highest BCUT2D eigenvalue weighted by Gasteiger charge is 2.22. The Balaban J connectivity index is 1.97. The number of carbonyl (C=O) groups excluding carboxylic acids is 1. The maximum absolute atomic E-state index is 12.6. The quantitative estimate of drug-likeness (QED) is 0.795. The summed E-state index contributed by atoms with van der Waals surface area (Å²) < 4.78 is 7.02. The van der Waals surface area contributed by atoms with Crippen molar-refractivity contribution in [3.8, 4) is 5.75 Å². The monoisotopic (exact) mass is 323 g/mol. The van der Waals surface area contributed by atoms with Crippen molar-refractivity contribution in [1.82, 2.24) is 4.57 Å². The average Bonchev–Trinajstić information content (AvgIpc) is 2.86. The van der Waals surface area contributed by atoms with E-state index >= 15 is 0 Å². The van der Waals surface area contributed by atoms with Crippen molar-refractivity contribution >= 4 is 22.8 Å². The summed E-state index contributed by atoms with van der Waals surface area (Å²) in [5.41, 5.74) is 2.06. The van der Waals surface area contributed by atoms with Crippen LogP contribution in [0.3, 0.4) is 0 Å². The topological polar surface area (TPSA) is 68.5 Å². The lowest BCUT2D eigenvalue weighted by atomic mass is 10.1. The number of aromatic carboxylic acids is 1. The molecule has 122 valence electrons. The van der Waals surface area contributed by atoms with E-state index in [4.69, 9.17) is 4.74 Å².